The molecule has 0 fully saturated rings. The second-order valence-corrected chi connectivity index (χ2v) is 7.44. The Morgan fingerprint density at radius 3 is 2.73 bits per heavy atom. The number of fused-ring (bicyclic) bond motifs is 1. The minimum absolute atomic E-state index is 0.0490. The van der Waals surface area contributed by atoms with Crippen LogP contribution in [0.15, 0.2) is 51.8 Å². The first-order chi connectivity index (χ1) is 10.7. The molecule has 1 aromatic heterocycles. The number of aromatic nitrogens is 1. The Bertz CT molecular complexity index is 815. The summed E-state index contributed by atoms with van der Waals surface area (Å²) in [5.41, 5.74) is 1.88. The van der Waals surface area contributed by atoms with Crippen LogP contribution in [0.2, 0.25) is 0 Å². The van der Waals surface area contributed by atoms with Crippen molar-refractivity contribution in [2.75, 3.05) is 11.6 Å². The average Bonchev–Trinajstić information content (AvgIpc) is 2.92. The number of hydrogen-bond acceptors (Lipinski definition) is 4. The van der Waals surface area contributed by atoms with E-state index < -0.39 is 0 Å². The summed E-state index contributed by atoms with van der Waals surface area (Å²) in [6, 6.07) is 13.9. The molecule has 0 saturated carbocycles. The molecule has 0 atom stereocenters. The molecule has 0 radical (unpaired) electrons. The maximum atomic E-state index is 12.1. The molecular weight excluding hydrogens is 380 g/mol. The minimum Gasteiger partial charge on any atom is -0.302 e. The number of carbonyl (C=O) groups excluding carboxylic acids is 1. The van der Waals surface area contributed by atoms with Gasteiger partial charge >= 0.3 is 0 Å². The van der Waals surface area contributed by atoms with Gasteiger partial charge in [-0.25, -0.2) is 4.98 Å². The highest BCUT2D eigenvalue weighted by molar-refractivity contribution is 9.10. The molecule has 0 aliphatic rings. The third-order valence-corrected chi connectivity index (χ3v) is 5.46. The van der Waals surface area contributed by atoms with Gasteiger partial charge in [-0.1, -0.05) is 29.5 Å². The van der Waals surface area contributed by atoms with Crippen molar-refractivity contribution in [3.05, 3.63) is 52.5 Å². The second kappa shape index (κ2) is 6.81. The van der Waals surface area contributed by atoms with Crippen LogP contribution in [0.4, 0.5) is 5.13 Å². The van der Waals surface area contributed by atoms with Crippen LogP contribution in [0, 0.1) is 0 Å². The van der Waals surface area contributed by atoms with Crippen molar-refractivity contribution in [2.45, 2.75) is 11.3 Å². The van der Waals surface area contributed by atoms with E-state index in [0.29, 0.717) is 11.6 Å². The molecule has 6 heteroatoms. The molecule has 112 valence electrons. The largest absolute Gasteiger partial charge is 0.302 e. The summed E-state index contributed by atoms with van der Waals surface area (Å²) in [5.74, 6) is -0.0490. The number of halogens is 1. The van der Waals surface area contributed by atoms with E-state index in [1.54, 1.807) is 11.8 Å². The summed E-state index contributed by atoms with van der Waals surface area (Å²) in [7, 11) is 0. The van der Waals surface area contributed by atoms with Crippen LogP contribution >= 0.6 is 39.0 Å². The smallest absolute Gasteiger partial charge is 0.230 e. The van der Waals surface area contributed by atoms with Crippen molar-refractivity contribution in [3.8, 4) is 0 Å². The van der Waals surface area contributed by atoms with Crippen molar-refractivity contribution in [1.29, 1.82) is 0 Å². The van der Waals surface area contributed by atoms with Crippen LogP contribution in [0.25, 0.3) is 10.2 Å². The number of para-hydroxylation sites is 1. The van der Waals surface area contributed by atoms with Crippen LogP contribution in [0.3, 0.4) is 0 Å². The van der Waals surface area contributed by atoms with Crippen molar-refractivity contribution in [1.82, 2.24) is 4.98 Å². The fraction of sp³-hybridized carbons (Fsp3) is 0.125. The quantitative estimate of drug-likeness (QED) is 0.637. The number of rotatable bonds is 4. The molecule has 0 aliphatic heterocycles. The van der Waals surface area contributed by atoms with E-state index in [-0.39, 0.29) is 5.91 Å². The molecule has 1 N–H and O–H groups in total. The van der Waals surface area contributed by atoms with Crippen molar-refractivity contribution in [3.63, 3.8) is 0 Å². The summed E-state index contributed by atoms with van der Waals surface area (Å²) in [6.45, 7) is 0. The maximum absolute atomic E-state index is 12.1. The summed E-state index contributed by atoms with van der Waals surface area (Å²) < 4.78 is 1.99. The van der Waals surface area contributed by atoms with Gasteiger partial charge in [-0.3, -0.25) is 4.79 Å². The molecule has 1 amide bonds. The van der Waals surface area contributed by atoms with Gasteiger partial charge in [0.2, 0.25) is 5.91 Å². The van der Waals surface area contributed by atoms with E-state index >= 15 is 0 Å². The first kappa shape index (κ1) is 15.5. The summed E-state index contributed by atoms with van der Waals surface area (Å²) in [4.78, 5) is 17.8. The van der Waals surface area contributed by atoms with Crippen LogP contribution in [0.1, 0.15) is 5.56 Å². The molecule has 3 aromatic rings. The Hall–Kier alpha value is -1.37. The van der Waals surface area contributed by atoms with E-state index in [4.69, 9.17) is 0 Å². The SMILES string of the molecule is CSc1ccc(CC(=O)Nc2nc3c(Br)cccc3s2)cc1. The summed E-state index contributed by atoms with van der Waals surface area (Å²) in [6.07, 6.45) is 2.39. The Balaban J connectivity index is 1.71. The molecular formula is C16H13BrN2OS2. The van der Waals surface area contributed by atoms with E-state index in [1.165, 1.54) is 16.2 Å². The standard InChI is InChI=1S/C16H13BrN2OS2/c1-21-11-7-5-10(6-8-11)9-14(20)18-16-19-15-12(17)3-2-4-13(15)22-16/h2-8H,9H2,1H3,(H,18,19,20). The number of nitrogens with zero attached hydrogens (tertiary/aromatic N) is 1. The van der Waals surface area contributed by atoms with Gasteiger partial charge in [0.15, 0.2) is 5.13 Å². The number of hydrogen-bond donors (Lipinski definition) is 1. The topological polar surface area (TPSA) is 42.0 Å². The highest BCUT2D eigenvalue weighted by Crippen LogP contribution is 2.30. The highest BCUT2D eigenvalue weighted by Gasteiger charge is 2.10. The lowest BCUT2D eigenvalue weighted by Gasteiger charge is -2.03. The van der Waals surface area contributed by atoms with Gasteiger partial charge in [0.1, 0.15) is 0 Å². The zero-order chi connectivity index (χ0) is 15.5. The summed E-state index contributed by atoms with van der Waals surface area (Å²) >= 11 is 6.64. The number of amides is 1. The Labute approximate surface area is 145 Å². The maximum Gasteiger partial charge on any atom is 0.230 e. The van der Waals surface area contributed by atoms with E-state index in [9.17, 15) is 4.79 Å². The molecule has 3 rings (SSSR count). The minimum atomic E-state index is -0.0490. The predicted octanol–water partition coefficient (Wildman–Crippen LogP) is 4.96. The van der Waals surface area contributed by atoms with Gasteiger partial charge in [0.05, 0.1) is 16.6 Å². The number of benzene rings is 2. The third-order valence-electron chi connectivity index (χ3n) is 3.14. The Morgan fingerprint density at radius 1 is 1.27 bits per heavy atom. The summed E-state index contributed by atoms with van der Waals surface area (Å²) in [5, 5.41) is 3.51. The lowest BCUT2D eigenvalue weighted by Crippen LogP contribution is -2.14. The molecule has 3 nitrogen and oxygen atoms in total. The third kappa shape index (κ3) is 3.51. The highest BCUT2D eigenvalue weighted by atomic mass is 79.9. The molecule has 2 aromatic carbocycles. The van der Waals surface area contributed by atoms with Gasteiger partial charge in [-0.05, 0) is 52.0 Å². The lowest BCUT2D eigenvalue weighted by atomic mass is 10.1. The first-order valence-corrected chi connectivity index (χ1v) is 9.47. The van der Waals surface area contributed by atoms with Gasteiger partial charge in [-0.2, -0.15) is 0 Å². The fourth-order valence-corrected chi connectivity index (χ4v) is 3.96. The van der Waals surface area contributed by atoms with Gasteiger partial charge < -0.3 is 5.32 Å². The fourth-order valence-electron chi connectivity index (χ4n) is 2.06. The van der Waals surface area contributed by atoms with E-state index in [1.807, 2.05) is 48.7 Å². The zero-order valence-electron chi connectivity index (χ0n) is 11.8. The number of anilines is 1. The molecule has 0 bridgehead atoms. The van der Waals surface area contributed by atoms with Crippen LogP contribution in [-0.2, 0) is 11.2 Å². The lowest BCUT2D eigenvalue weighted by molar-refractivity contribution is -0.115. The average molecular weight is 393 g/mol. The van der Waals surface area contributed by atoms with Gasteiger partial charge in [0.25, 0.3) is 0 Å². The van der Waals surface area contributed by atoms with Crippen molar-refractivity contribution < 1.29 is 4.79 Å². The molecule has 0 saturated heterocycles. The first-order valence-electron chi connectivity index (χ1n) is 6.63. The predicted molar refractivity (Wildman–Crippen MR) is 97.9 cm³/mol. The number of thioether (sulfide) groups is 1. The van der Waals surface area contributed by atoms with E-state index in [2.05, 4.69) is 26.2 Å². The second-order valence-electron chi connectivity index (χ2n) is 4.68. The van der Waals surface area contributed by atoms with Gasteiger partial charge in [0, 0.05) is 9.37 Å². The molecule has 1 heterocycles. The van der Waals surface area contributed by atoms with Gasteiger partial charge in [-0.15, -0.1) is 11.8 Å². The zero-order valence-corrected chi connectivity index (χ0v) is 15.0. The van der Waals surface area contributed by atoms with Crippen LogP contribution < -0.4 is 5.32 Å². The molecule has 0 spiro atoms. The van der Waals surface area contributed by atoms with Crippen LogP contribution in [0.5, 0.6) is 0 Å². The number of carbonyl (C=O) groups is 1. The number of thiazole rings is 1. The Morgan fingerprint density at radius 2 is 2.05 bits per heavy atom. The van der Waals surface area contributed by atoms with Crippen LogP contribution in [-0.4, -0.2) is 17.1 Å². The number of nitrogens with one attached hydrogen (secondary N) is 1. The van der Waals surface area contributed by atoms with E-state index in [0.717, 1.165) is 20.3 Å². The van der Waals surface area contributed by atoms with Crippen molar-refractivity contribution >= 4 is 60.3 Å². The van der Waals surface area contributed by atoms with Crippen molar-refractivity contribution in [2.24, 2.45) is 0 Å². The Kier molecular flexibility index (Phi) is 4.81. The monoisotopic (exact) mass is 392 g/mol. The molecule has 22 heavy (non-hydrogen) atoms. The normalized spacial score (nSPS) is 10.8. The molecule has 0 unspecified atom stereocenters. The molecule has 0 aliphatic carbocycles.